The first-order valence-electron chi connectivity index (χ1n) is 6.42. The van der Waals surface area contributed by atoms with Crippen LogP contribution in [0.2, 0.25) is 0 Å². The highest BCUT2D eigenvalue weighted by atomic mass is 19.1. The van der Waals surface area contributed by atoms with Gasteiger partial charge in [-0.3, -0.25) is 4.90 Å². The molecule has 0 aliphatic carbocycles. The van der Waals surface area contributed by atoms with Crippen molar-refractivity contribution in [2.75, 3.05) is 33.3 Å². The van der Waals surface area contributed by atoms with Gasteiger partial charge in [0.25, 0.3) is 0 Å². The first kappa shape index (κ1) is 13.8. The fraction of sp³-hybridized carbons (Fsp3) is 0.500. The van der Waals surface area contributed by atoms with Crippen LogP contribution < -0.4 is 10.1 Å². The third-order valence-corrected chi connectivity index (χ3v) is 3.44. The minimum atomic E-state index is -0.307. The molecule has 0 saturated carbocycles. The Bertz CT molecular complexity index is 466. The number of hydrogen-bond acceptors (Lipinski definition) is 4. The van der Waals surface area contributed by atoms with E-state index < -0.39 is 0 Å². The number of methoxy groups -OCH3 is 1. The van der Waals surface area contributed by atoms with Crippen molar-refractivity contribution in [3.8, 4) is 11.8 Å². The number of halogens is 1. The van der Waals surface area contributed by atoms with Crippen LogP contribution in [-0.4, -0.2) is 38.2 Å². The summed E-state index contributed by atoms with van der Waals surface area (Å²) >= 11 is 0. The smallest absolute Gasteiger partial charge is 0.131 e. The molecule has 2 rings (SSSR count). The average molecular weight is 263 g/mol. The van der Waals surface area contributed by atoms with Crippen molar-refractivity contribution in [1.82, 2.24) is 10.2 Å². The van der Waals surface area contributed by atoms with Crippen LogP contribution in [0.4, 0.5) is 4.39 Å². The van der Waals surface area contributed by atoms with Crippen LogP contribution in [0, 0.1) is 17.1 Å². The maximum Gasteiger partial charge on any atom is 0.131 e. The number of benzene rings is 1. The predicted octanol–water partition coefficient (Wildman–Crippen LogP) is 1.69. The lowest BCUT2D eigenvalue weighted by Gasteiger charge is -2.34. The van der Waals surface area contributed by atoms with E-state index in [1.54, 1.807) is 12.1 Å². The standard InChI is InChI=1S/C14H18FN3O/c1-19-13-4-2-3-11(15)14(13)12(5-6-16)18-9-7-17-8-10-18/h2-4,12,17H,5,7-10H2,1H3/t12-/m1/s1. The van der Waals surface area contributed by atoms with Gasteiger partial charge in [0.15, 0.2) is 0 Å². The van der Waals surface area contributed by atoms with Gasteiger partial charge in [0.1, 0.15) is 11.6 Å². The molecular weight excluding hydrogens is 245 g/mol. The molecule has 1 atom stereocenters. The molecule has 1 fully saturated rings. The van der Waals surface area contributed by atoms with E-state index in [1.165, 1.54) is 13.2 Å². The van der Waals surface area contributed by atoms with Crippen LogP contribution in [0.1, 0.15) is 18.0 Å². The minimum absolute atomic E-state index is 0.247. The molecule has 0 amide bonds. The van der Waals surface area contributed by atoms with Crippen LogP contribution in [-0.2, 0) is 0 Å². The van der Waals surface area contributed by atoms with Crippen LogP contribution in [0.25, 0.3) is 0 Å². The van der Waals surface area contributed by atoms with Crippen molar-refractivity contribution in [2.45, 2.75) is 12.5 Å². The molecule has 1 aliphatic heterocycles. The molecule has 1 heterocycles. The molecule has 102 valence electrons. The molecule has 4 nitrogen and oxygen atoms in total. The Morgan fingerprint density at radius 3 is 2.84 bits per heavy atom. The summed E-state index contributed by atoms with van der Waals surface area (Å²) in [7, 11) is 1.53. The van der Waals surface area contributed by atoms with Crippen molar-refractivity contribution in [3.63, 3.8) is 0 Å². The monoisotopic (exact) mass is 263 g/mol. The van der Waals surface area contributed by atoms with Gasteiger partial charge < -0.3 is 10.1 Å². The van der Waals surface area contributed by atoms with Gasteiger partial charge in [0, 0.05) is 31.7 Å². The molecule has 1 saturated heterocycles. The molecule has 1 aromatic rings. The summed E-state index contributed by atoms with van der Waals surface area (Å²) in [5, 5.41) is 12.3. The summed E-state index contributed by atoms with van der Waals surface area (Å²) in [6.45, 7) is 3.34. The highest BCUT2D eigenvalue weighted by molar-refractivity contribution is 5.37. The second kappa shape index (κ2) is 6.50. The lowest BCUT2D eigenvalue weighted by Crippen LogP contribution is -2.45. The van der Waals surface area contributed by atoms with E-state index in [9.17, 15) is 4.39 Å². The van der Waals surface area contributed by atoms with Crippen molar-refractivity contribution in [1.29, 1.82) is 5.26 Å². The van der Waals surface area contributed by atoms with E-state index in [2.05, 4.69) is 16.3 Å². The minimum Gasteiger partial charge on any atom is -0.496 e. The third kappa shape index (κ3) is 3.03. The molecule has 0 radical (unpaired) electrons. The molecule has 19 heavy (non-hydrogen) atoms. The van der Waals surface area contributed by atoms with Crippen molar-refractivity contribution in [2.24, 2.45) is 0 Å². The maximum atomic E-state index is 14.1. The summed E-state index contributed by atoms with van der Waals surface area (Å²) < 4.78 is 19.4. The van der Waals surface area contributed by atoms with Gasteiger partial charge in [-0.2, -0.15) is 5.26 Å². The molecule has 0 bridgehead atoms. The largest absolute Gasteiger partial charge is 0.496 e. The van der Waals surface area contributed by atoms with Gasteiger partial charge in [-0.25, -0.2) is 4.39 Å². The summed E-state index contributed by atoms with van der Waals surface area (Å²) in [6.07, 6.45) is 0.261. The van der Waals surface area contributed by atoms with Gasteiger partial charge in [-0.15, -0.1) is 0 Å². The highest BCUT2D eigenvalue weighted by Gasteiger charge is 2.27. The number of piperazine rings is 1. The maximum absolute atomic E-state index is 14.1. The molecule has 1 aromatic carbocycles. The Balaban J connectivity index is 2.35. The normalized spacial score (nSPS) is 17.7. The quantitative estimate of drug-likeness (QED) is 0.898. The predicted molar refractivity (Wildman–Crippen MR) is 70.4 cm³/mol. The topological polar surface area (TPSA) is 48.3 Å². The van der Waals surface area contributed by atoms with Crippen molar-refractivity contribution >= 4 is 0 Å². The first-order chi connectivity index (χ1) is 9.27. The van der Waals surface area contributed by atoms with E-state index in [0.29, 0.717) is 11.3 Å². The molecular formula is C14H18FN3O. The number of nitrogens with one attached hydrogen (secondary N) is 1. The fourth-order valence-corrected chi connectivity index (χ4v) is 2.51. The lowest BCUT2D eigenvalue weighted by molar-refractivity contribution is 0.169. The summed E-state index contributed by atoms with van der Waals surface area (Å²) in [5.74, 6) is 0.205. The number of nitrogens with zero attached hydrogens (tertiary/aromatic N) is 2. The second-order valence-corrected chi connectivity index (χ2v) is 4.52. The zero-order valence-corrected chi connectivity index (χ0v) is 11.0. The molecule has 0 aromatic heterocycles. The summed E-state index contributed by atoms with van der Waals surface area (Å²) in [4.78, 5) is 2.14. The van der Waals surface area contributed by atoms with E-state index in [1.807, 2.05) is 0 Å². The number of ether oxygens (including phenoxy) is 1. The van der Waals surface area contributed by atoms with Crippen molar-refractivity contribution in [3.05, 3.63) is 29.6 Å². The SMILES string of the molecule is COc1cccc(F)c1[C@@H](CC#N)N1CCNCC1. The van der Waals surface area contributed by atoms with Gasteiger partial charge in [-0.05, 0) is 12.1 Å². The number of hydrogen-bond donors (Lipinski definition) is 1. The Morgan fingerprint density at radius 2 is 2.21 bits per heavy atom. The molecule has 0 unspecified atom stereocenters. The van der Waals surface area contributed by atoms with Crippen molar-refractivity contribution < 1.29 is 9.13 Å². The fourth-order valence-electron chi connectivity index (χ4n) is 2.51. The number of nitriles is 1. The Labute approximate surface area is 112 Å². The van der Waals surface area contributed by atoms with Crippen LogP contribution in [0.3, 0.4) is 0 Å². The average Bonchev–Trinajstić information content (AvgIpc) is 2.46. The van der Waals surface area contributed by atoms with Gasteiger partial charge in [-0.1, -0.05) is 6.07 Å². The van der Waals surface area contributed by atoms with Crippen LogP contribution in [0.15, 0.2) is 18.2 Å². The van der Waals surface area contributed by atoms with Gasteiger partial charge in [0.05, 0.1) is 25.6 Å². The Kier molecular flexibility index (Phi) is 4.72. The van der Waals surface area contributed by atoms with E-state index in [0.717, 1.165) is 26.2 Å². The summed E-state index contributed by atoms with van der Waals surface area (Å²) in [5.41, 5.74) is 0.494. The van der Waals surface area contributed by atoms with E-state index >= 15 is 0 Å². The first-order valence-corrected chi connectivity index (χ1v) is 6.42. The van der Waals surface area contributed by atoms with Crippen LogP contribution >= 0.6 is 0 Å². The third-order valence-electron chi connectivity index (χ3n) is 3.44. The number of rotatable bonds is 4. The molecule has 1 aliphatic rings. The van der Waals surface area contributed by atoms with E-state index in [4.69, 9.17) is 10.00 Å². The second-order valence-electron chi connectivity index (χ2n) is 4.52. The zero-order chi connectivity index (χ0) is 13.7. The summed E-state index contributed by atoms with van der Waals surface area (Å²) in [6, 6.07) is 6.70. The Morgan fingerprint density at radius 1 is 1.47 bits per heavy atom. The van der Waals surface area contributed by atoms with Gasteiger partial charge in [0.2, 0.25) is 0 Å². The highest BCUT2D eigenvalue weighted by Crippen LogP contribution is 2.33. The van der Waals surface area contributed by atoms with E-state index in [-0.39, 0.29) is 18.3 Å². The molecule has 0 spiro atoms. The lowest BCUT2D eigenvalue weighted by atomic mass is 10.00. The molecule has 1 N–H and O–H groups in total. The van der Waals surface area contributed by atoms with Gasteiger partial charge >= 0.3 is 0 Å². The Hall–Kier alpha value is -1.64. The molecule has 5 heteroatoms. The zero-order valence-electron chi connectivity index (χ0n) is 11.0. The van der Waals surface area contributed by atoms with Crippen LogP contribution in [0.5, 0.6) is 5.75 Å².